The van der Waals surface area contributed by atoms with Gasteiger partial charge in [-0.2, -0.15) is 0 Å². The topological polar surface area (TPSA) is 81.4 Å². The van der Waals surface area contributed by atoms with Crippen molar-refractivity contribution >= 4 is 17.6 Å². The van der Waals surface area contributed by atoms with Gasteiger partial charge in [-0.25, -0.2) is 4.79 Å². The van der Waals surface area contributed by atoms with Gasteiger partial charge in [0, 0.05) is 5.69 Å². The Hall–Kier alpha value is -1.88. The van der Waals surface area contributed by atoms with Crippen molar-refractivity contribution in [3.05, 3.63) is 29.8 Å². The minimum atomic E-state index is -0.838. The van der Waals surface area contributed by atoms with Gasteiger partial charge in [-0.1, -0.05) is 0 Å². The highest BCUT2D eigenvalue weighted by Gasteiger charge is 2.44. The van der Waals surface area contributed by atoms with E-state index in [-0.39, 0.29) is 23.9 Å². The van der Waals surface area contributed by atoms with Crippen LogP contribution in [0.15, 0.2) is 24.3 Å². The number of nitrogens with one attached hydrogen (secondary N) is 1. The predicted octanol–water partition coefficient (Wildman–Crippen LogP) is 2.32. The Labute approximate surface area is 124 Å². The Bertz CT molecular complexity index is 531. The van der Waals surface area contributed by atoms with Gasteiger partial charge in [0.25, 0.3) is 0 Å². The number of carbonyl (C=O) groups is 2. The van der Waals surface area contributed by atoms with Gasteiger partial charge >= 0.3 is 5.97 Å². The van der Waals surface area contributed by atoms with Crippen LogP contribution in [0.4, 0.5) is 5.69 Å². The van der Waals surface area contributed by atoms with E-state index in [1.807, 2.05) is 0 Å². The number of amides is 1. The van der Waals surface area contributed by atoms with Crippen molar-refractivity contribution in [2.75, 3.05) is 5.32 Å². The second-order valence-corrected chi connectivity index (χ2v) is 6.04. The number of anilines is 1. The molecule has 2 rings (SSSR count). The molecule has 1 aromatic rings. The second kappa shape index (κ2) is 5.85. The standard InChI is InChI=1S/C16H22N2O3/c1-10(2)21-14(19)11-4-8-13(9-5-11)18-15(20)16(3,17)12-6-7-12/h4-5,8-10,12H,6-7,17H2,1-3H3,(H,18,20). The quantitative estimate of drug-likeness (QED) is 0.815. The Morgan fingerprint density at radius 1 is 1.29 bits per heavy atom. The molecule has 0 heterocycles. The van der Waals surface area contributed by atoms with Crippen molar-refractivity contribution in [2.45, 2.75) is 45.3 Å². The summed E-state index contributed by atoms with van der Waals surface area (Å²) in [4.78, 5) is 23.9. The first-order valence-electron chi connectivity index (χ1n) is 7.22. The molecule has 1 amide bonds. The van der Waals surface area contributed by atoms with Gasteiger partial charge in [0.1, 0.15) is 0 Å². The van der Waals surface area contributed by atoms with Crippen LogP contribution in [0.3, 0.4) is 0 Å². The summed E-state index contributed by atoms with van der Waals surface area (Å²) in [5.74, 6) is -0.301. The molecular formula is C16H22N2O3. The Balaban J connectivity index is 1.99. The molecule has 1 fully saturated rings. The lowest BCUT2D eigenvalue weighted by Gasteiger charge is -2.23. The zero-order valence-corrected chi connectivity index (χ0v) is 12.7. The molecule has 1 unspecified atom stereocenters. The van der Waals surface area contributed by atoms with E-state index in [0.717, 1.165) is 12.8 Å². The average Bonchev–Trinajstić information content (AvgIpc) is 3.23. The predicted molar refractivity (Wildman–Crippen MR) is 80.9 cm³/mol. The molecule has 1 aromatic carbocycles. The molecule has 5 heteroatoms. The van der Waals surface area contributed by atoms with E-state index in [4.69, 9.17) is 10.5 Å². The van der Waals surface area contributed by atoms with Crippen molar-refractivity contribution < 1.29 is 14.3 Å². The molecule has 3 N–H and O–H groups in total. The van der Waals surface area contributed by atoms with Gasteiger partial charge < -0.3 is 15.8 Å². The van der Waals surface area contributed by atoms with Gasteiger partial charge in [0.2, 0.25) is 5.91 Å². The van der Waals surface area contributed by atoms with Crippen LogP contribution in [-0.2, 0) is 9.53 Å². The fourth-order valence-electron chi connectivity index (χ4n) is 2.11. The van der Waals surface area contributed by atoms with E-state index in [1.165, 1.54) is 0 Å². The number of nitrogens with two attached hydrogens (primary N) is 1. The van der Waals surface area contributed by atoms with Crippen LogP contribution in [0, 0.1) is 5.92 Å². The van der Waals surface area contributed by atoms with Crippen LogP contribution in [0.5, 0.6) is 0 Å². The summed E-state index contributed by atoms with van der Waals surface area (Å²) in [5, 5.41) is 2.79. The van der Waals surface area contributed by atoms with Gasteiger partial charge in [-0.15, -0.1) is 0 Å². The molecular weight excluding hydrogens is 268 g/mol. The lowest BCUT2D eigenvalue weighted by atomic mass is 9.96. The lowest BCUT2D eigenvalue weighted by molar-refractivity contribution is -0.121. The number of benzene rings is 1. The van der Waals surface area contributed by atoms with E-state index in [9.17, 15) is 9.59 Å². The summed E-state index contributed by atoms with van der Waals surface area (Å²) < 4.78 is 5.10. The maximum atomic E-state index is 12.2. The summed E-state index contributed by atoms with van der Waals surface area (Å²) in [6.45, 7) is 5.35. The smallest absolute Gasteiger partial charge is 0.338 e. The maximum Gasteiger partial charge on any atom is 0.338 e. The van der Waals surface area contributed by atoms with Gasteiger partial charge in [0.15, 0.2) is 0 Å². The van der Waals surface area contributed by atoms with E-state index in [1.54, 1.807) is 45.0 Å². The number of esters is 1. The number of ether oxygens (including phenoxy) is 1. The first-order valence-corrected chi connectivity index (χ1v) is 7.22. The number of hydrogen-bond donors (Lipinski definition) is 2. The van der Waals surface area contributed by atoms with Crippen LogP contribution in [0.1, 0.15) is 44.0 Å². The molecule has 0 aliphatic heterocycles. The Morgan fingerprint density at radius 2 is 1.86 bits per heavy atom. The molecule has 21 heavy (non-hydrogen) atoms. The highest BCUT2D eigenvalue weighted by Crippen LogP contribution is 2.38. The number of hydrogen-bond acceptors (Lipinski definition) is 4. The number of carbonyl (C=O) groups excluding carboxylic acids is 2. The van der Waals surface area contributed by atoms with Crippen molar-refractivity contribution in [3.63, 3.8) is 0 Å². The molecule has 0 spiro atoms. The fourth-order valence-corrected chi connectivity index (χ4v) is 2.11. The number of rotatable bonds is 5. The molecule has 0 aromatic heterocycles. The van der Waals surface area contributed by atoms with E-state index in [2.05, 4.69) is 5.32 Å². The minimum absolute atomic E-state index is 0.159. The van der Waals surface area contributed by atoms with Crippen LogP contribution in [0.25, 0.3) is 0 Å². The van der Waals surface area contributed by atoms with E-state index >= 15 is 0 Å². The summed E-state index contributed by atoms with van der Waals surface area (Å²) in [7, 11) is 0. The molecule has 1 atom stereocenters. The molecule has 5 nitrogen and oxygen atoms in total. The summed E-state index contributed by atoms with van der Waals surface area (Å²) in [6.07, 6.45) is 1.84. The van der Waals surface area contributed by atoms with Crippen LogP contribution in [-0.4, -0.2) is 23.5 Å². The third kappa shape index (κ3) is 3.82. The molecule has 1 saturated carbocycles. The van der Waals surface area contributed by atoms with Gasteiger partial charge in [-0.05, 0) is 63.8 Å². The monoisotopic (exact) mass is 290 g/mol. The molecule has 0 saturated heterocycles. The zero-order valence-electron chi connectivity index (χ0n) is 12.7. The molecule has 0 radical (unpaired) electrons. The zero-order chi connectivity index (χ0) is 15.6. The fraction of sp³-hybridized carbons (Fsp3) is 0.500. The normalized spacial score (nSPS) is 17.2. The summed E-state index contributed by atoms with van der Waals surface area (Å²) in [5.41, 5.74) is 6.30. The van der Waals surface area contributed by atoms with Gasteiger partial charge in [-0.3, -0.25) is 4.79 Å². The second-order valence-electron chi connectivity index (χ2n) is 6.04. The van der Waals surface area contributed by atoms with Crippen LogP contribution >= 0.6 is 0 Å². The van der Waals surface area contributed by atoms with Crippen molar-refractivity contribution in [1.29, 1.82) is 0 Å². The Kier molecular flexibility index (Phi) is 4.32. The van der Waals surface area contributed by atoms with Gasteiger partial charge in [0.05, 0.1) is 17.2 Å². The SMILES string of the molecule is CC(C)OC(=O)c1ccc(NC(=O)C(C)(N)C2CC2)cc1. The van der Waals surface area contributed by atoms with Crippen molar-refractivity contribution in [1.82, 2.24) is 0 Å². The van der Waals surface area contributed by atoms with Crippen LogP contribution in [0.2, 0.25) is 0 Å². The third-order valence-corrected chi connectivity index (χ3v) is 3.64. The third-order valence-electron chi connectivity index (χ3n) is 3.64. The molecule has 114 valence electrons. The maximum absolute atomic E-state index is 12.2. The minimum Gasteiger partial charge on any atom is -0.459 e. The highest BCUT2D eigenvalue weighted by atomic mass is 16.5. The molecule has 1 aliphatic rings. The summed E-state index contributed by atoms with van der Waals surface area (Å²) >= 11 is 0. The highest BCUT2D eigenvalue weighted by molar-refractivity contribution is 5.98. The van der Waals surface area contributed by atoms with Crippen LogP contribution < -0.4 is 11.1 Å². The van der Waals surface area contributed by atoms with Crippen molar-refractivity contribution in [3.8, 4) is 0 Å². The largest absolute Gasteiger partial charge is 0.459 e. The molecule has 1 aliphatic carbocycles. The average molecular weight is 290 g/mol. The summed E-state index contributed by atoms with van der Waals surface area (Å²) in [6, 6.07) is 6.62. The van der Waals surface area contributed by atoms with E-state index in [0.29, 0.717) is 11.3 Å². The van der Waals surface area contributed by atoms with Crippen molar-refractivity contribution in [2.24, 2.45) is 11.7 Å². The molecule has 0 bridgehead atoms. The lowest BCUT2D eigenvalue weighted by Crippen LogP contribution is -2.50. The first-order chi connectivity index (χ1) is 9.80. The Morgan fingerprint density at radius 3 is 2.33 bits per heavy atom. The first kappa shape index (κ1) is 15.5. The van der Waals surface area contributed by atoms with E-state index < -0.39 is 5.54 Å².